The zero-order chi connectivity index (χ0) is 11.4. The van der Waals surface area contributed by atoms with Crippen molar-refractivity contribution in [2.45, 2.75) is 6.42 Å². The van der Waals surface area contributed by atoms with Crippen LogP contribution in [0.4, 0.5) is 0 Å². The van der Waals surface area contributed by atoms with Crippen molar-refractivity contribution in [2.75, 3.05) is 0 Å². The van der Waals surface area contributed by atoms with Gasteiger partial charge in [-0.05, 0) is 41.8 Å². The predicted molar refractivity (Wildman–Crippen MR) is 60.6 cm³/mol. The molecule has 0 aliphatic heterocycles. The molecule has 0 aliphatic rings. The molecule has 2 rings (SSSR count). The summed E-state index contributed by atoms with van der Waals surface area (Å²) in [6.07, 6.45) is 0.784. The van der Waals surface area contributed by atoms with Gasteiger partial charge >= 0.3 is 0 Å². The van der Waals surface area contributed by atoms with E-state index in [0.29, 0.717) is 5.75 Å². The van der Waals surface area contributed by atoms with Gasteiger partial charge in [0.15, 0.2) is 5.75 Å². The Morgan fingerprint density at radius 3 is 1.81 bits per heavy atom. The molecule has 3 heteroatoms. The first-order chi connectivity index (χ1) is 7.78. The first-order valence-corrected chi connectivity index (χ1v) is 4.96. The highest BCUT2D eigenvalue weighted by molar-refractivity contribution is 5.33. The summed E-state index contributed by atoms with van der Waals surface area (Å²) in [4.78, 5) is 4.10. The molecule has 0 unspecified atom stereocenters. The quantitative estimate of drug-likeness (QED) is 0.612. The Morgan fingerprint density at radius 2 is 1.31 bits per heavy atom. The smallest absolute Gasteiger partial charge is 0.165 e. The molecule has 0 heterocycles. The molecule has 16 heavy (non-hydrogen) atoms. The van der Waals surface area contributed by atoms with Crippen LogP contribution in [-0.2, 0) is 6.42 Å². The number of hydrogen-bond acceptors (Lipinski definition) is 3. The summed E-state index contributed by atoms with van der Waals surface area (Å²) in [5.74, 6) is 0.697. The van der Waals surface area contributed by atoms with Crippen molar-refractivity contribution in [2.24, 2.45) is 0 Å². The number of benzene rings is 2. The Balaban J connectivity index is 2.11. The SMILES string of the molecule is OOc1ccc(Cc2ccc(O)cc2)cc1. The monoisotopic (exact) mass is 216 g/mol. The maximum atomic E-state index is 9.15. The topological polar surface area (TPSA) is 49.7 Å². The summed E-state index contributed by atoms with van der Waals surface area (Å²) in [6, 6.07) is 14.3. The van der Waals surface area contributed by atoms with Gasteiger partial charge in [-0.1, -0.05) is 24.3 Å². The van der Waals surface area contributed by atoms with Gasteiger partial charge in [0, 0.05) is 0 Å². The van der Waals surface area contributed by atoms with Gasteiger partial charge in [-0.15, -0.1) is 0 Å². The van der Waals surface area contributed by atoms with Gasteiger partial charge in [0.1, 0.15) is 5.75 Å². The molecule has 82 valence electrons. The van der Waals surface area contributed by atoms with Gasteiger partial charge in [0.25, 0.3) is 0 Å². The molecule has 2 aromatic carbocycles. The van der Waals surface area contributed by atoms with E-state index in [4.69, 9.17) is 10.4 Å². The highest BCUT2D eigenvalue weighted by Gasteiger charge is 1.98. The van der Waals surface area contributed by atoms with Gasteiger partial charge < -0.3 is 9.99 Å². The Hall–Kier alpha value is -2.00. The molecule has 0 aliphatic carbocycles. The second-order valence-corrected chi connectivity index (χ2v) is 3.58. The average molecular weight is 216 g/mol. The van der Waals surface area contributed by atoms with Gasteiger partial charge in [-0.2, -0.15) is 0 Å². The van der Waals surface area contributed by atoms with Crippen molar-refractivity contribution in [3.8, 4) is 11.5 Å². The lowest BCUT2D eigenvalue weighted by molar-refractivity contribution is -0.137. The van der Waals surface area contributed by atoms with Crippen LogP contribution in [0.25, 0.3) is 0 Å². The molecule has 0 saturated carbocycles. The van der Waals surface area contributed by atoms with E-state index in [9.17, 15) is 0 Å². The molecule has 2 N–H and O–H groups in total. The first kappa shape index (κ1) is 10.5. The van der Waals surface area contributed by atoms with Crippen LogP contribution in [0.2, 0.25) is 0 Å². The fourth-order valence-corrected chi connectivity index (χ4v) is 1.52. The van der Waals surface area contributed by atoms with Gasteiger partial charge in [0.05, 0.1) is 0 Å². The summed E-state index contributed by atoms with van der Waals surface area (Å²) < 4.78 is 0. The first-order valence-electron chi connectivity index (χ1n) is 4.96. The maximum absolute atomic E-state index is 9.15. The van der Waals surface area contributed by atoms with Crippen LogP contribution in [0.15, 0.2) is 48.5 Å². The normalized spacial score (nSPS) is 10.1. The second kappa shape index (κ2) is 4.68. The molecule has 0 amide bonds. The Morgan fingerprint density at radius 1 is 0.812 bits per heavy atom. The molecule has 0 aromatic heterocycles. The minimum atomic E-state index is 0.271. The van der Waals surface area contributed by atoms with E-state index in [1.807, 2.05) is 24.3 Å². The number of aromatic hydroxyl groups is 1. The summed E-state index contributed by atoms with van der Waals surface area (Å²) in [6.45, 7) is 0. The standard InChI is InChI=1S/C13H12O3/c14-12-5-1-10(2-6-12)9-11-3-7-13(16-15)8-4-11/h1-8,14-15H,9H2. The highest BCUT2D eigenvalue weighted by atomic mass is 17.1. The van der Waals surface area contributed by atoms with Crippen LogP contribution >= 0.6 is 0 Å². The molecular formula is C13H12O3. The lowest BCUT2D eigenvalue weighted by Crippen LogP contribution is -1.88. The number of hydrogen-bond donors (Lipinski definition) is 2. The predicted octanol–water partition coefficient (Wildman–Crippen LogP) is 2.83. The minimum Gasteiger partial charge on any atom is -0.508 e. The van der Waals surface area contributed by atoms with Crippen LogP contribution in [0.1, 0.15) is 11.1 Å². The summed E-state index contributed by atoms with van der Waals surface area (Å²) in [5.41, 5.74) is 2.24. The van der Waals surface area contributed by atoms with Crippen LogP contribution in [0, 0.1) is 0 Å². The zero-order valence-electron chi connectivity index (χ0n) is 8.63. The summed E-state index contributed by atoms with van der Waals surface area (Å²) in [5, 5.41) is 17.6. The van der Waals surface area contributed by atoms with E-state index in [2.05, 4.69) is 4.89 Å². The number of phenolic OH excluding ortho intramolecular Hbond substituents is 1. The largest absolute Gasteiger partial charge is 0.508 e. The third-order valence-electron chi connectivity index (χ3n) is 2.37. The van der Waals surface area contributed by atoms with Crippen molar-refractivity contribution >= 4 is 0 Å². The van der Waals surface area contributed by atoms with Crippen molar-refractivity contribution in [3.63, 3.8) is 0 Å². The van der Waals surface area contributed by atoms with Crippen LogP contribution < -0.4 is 4.89 Å². The molecule has 0 fully saturated rings. The molecule has 0 atom stereocenters. The molecule has 0 radical (unpaired) electrons. The maximum Gasteiger partial charge on any atom is 0.165 e. The average Bonchev–Trinajstić information content (AvgIpc) is 2.33. The Kier molecular flexibility index (Phi) is 3.08. The van der Waals surface area contributed by atoms with Crippen LogP contribution in [-0.4, -0.2) is 10.4 Å². The van der Waals surface area contributed by atoms with Crippen molar-refractivity contribution < 1.29 is 15.3 Å². The molecule has 0 bridgehead atoms. The molecule has 3 nitrogen and oxygen atoms in total. The lowest BCUT2D eigenvalue weighted by Gasteiger charge is -2.03. The third kappa shape index (κ3) is 2.52. The van der Waals surface area contributed by atoms with Crippen molar-refractivity contribution in [1.82, 2.24) is 0 Å². The Bertz CT molecular complexity index is 446. The van der Waals surface area contributed by atoms with E-state index in [1.54, 1.807) is 24.3 Å². The van der Waals surface area contributed by atoms with Crippen LogP contribution in [0.3, 0.4) is 0 Å². The number of phenols is 1. The Labute approximate surface area is 93.5 Å². The molecular weight excluding hydrogens is 204 g/mol. The second-order valence-electron chi connectivity index (χ2n) is 3.58. The third-order valence-corrected chi connectivity index (χ3v) is 2.37. The summed E-state index contributed by atoms with van der Waals surface area (Å²) in [7, 11) is 0. The lowest BCUT2D eigenvalue weighted by atomic mass is 10.1. The van der Waals surface area contributed by atoms with E-state index >= 15 is 0 Å². The number of rotatable bonds is 3. The van der Waals surface area contributed by atoms with Gasteiger partial charge in [-0.25, -0.2) is 5.26 Å². The highest BCUT2D eigenvalue weighted by Crippen LogP contribution is 2.16. The zero-order valence-corrected chi connectivity index (χ0v) is 8.63. The fourth-order valence-electron chi connectivity index (χ4n) is 1.52. The van der Waals surface area contributed by atoms with Gasteiger partial charge in [0.2, 0.25) is 0 Å². The van der Waals surface area contributed by atoms with E-state index in [1.165, 1.54) is 0 Å². The molecule has 0 spiro atoms. The van der Waals surface area contributed by atoms with Crippen molar-refractivity contribution in [1.29, 1.82) is 0 Å². The van der Waals surface area contributed by atoms with Crippen molar-refractivity contribution in [3.05, 3.63) is 59.7 Å². The summed E-state index contributed by atoms with van der Waals surface area (Å²) >= 11 is 0. The van der Waals surface area contributed by atoms with E-state index < -0.39 is 0 Å². The van der Waals surface area contributed by atoms with Crippen LogP contribution in [0.5, 0.6) is 11.5 Å². The minimum absolute atomic E-state index is 0.271. The van der Waals surface area contributed by atoms with Gasteiger partial charge in [-0.3, -0.25) is 0 Å². The molecule has 2 aromatic rings. The van der Waals surface area contributed by atoms with E-state index in [-0.39, 0.29) is 5.75 Å². The van der Waals surface area contributed by atoms with E-state index in [0.717, 1.165) is 17.5 Å². The fraction of sp³-hybridized carbons (Fsp3) is 0.0769. The molecule has 0 saturated heterocycles.